The number of amides is 9. The number of nitrogens with one attached hydrogen (secondary N) is 3. The summed E-state index contributed by atoms with van der Waals surface area (Å²) < 4.78 is 43.2. The molecule has 3 fully saturated rings. The van der Waals surface area contributed by atoms with Crippen molar-refractivity contribution in [2.45, 2.75) is 86.1 Å². The third-order valence-electron chi connectivity index (χ3n) is 16.5. The maximum atomic E-state index is 15.6. The Morgan fingerprint density at radius 3 is 1.43 bits per heavy atom. The predicted molar refractivity (Wildman–Crippen MR) is 294 cm³/mol. The molecule has 9 amide bonds. The van der Waals surface area contributed by atoms with Crippen molar-refractivity contribution >= 4 is 119 Å². The number of hydrogen-bond donors (Lipinski definition) is 3. The van der Waals surface area contributed by atoms with Crippen molar-refractivity contribution in [1.29, 1.82) is 0 Å². The van der Waals surface area contributed by atoms with Crippen molar-refractivity contribution in [2.24, 2.45) is 11.8 Å². The van der Waals surface area contributed by atoms with Gasteiger partial charge in [0.15, 0.2) is 17.5 Å². The second kappa shape index (κ2) is 21.0. The van der Waals surface area contributed by atoms with E-state index in [2.05, 4.69) is 93.6 Å². The van der Waals surface area contributed by atoms with Crippen molar-refractivity contribution in [3.05, 3.63) is 156 Å². The van der Waals surface area contributed by atoms with Crippen molar-refractivity contribution in [1.82, 2.24) is 44.6 Å². The number of anilines is 3. The standard InChI is InChI=1S/C56H42Br3F3N12O9/c57-28-5-8-34-37(14-28)54(12-13-54)48(81)73(46(34)79)41(44(77)71-53-67-23-33(62)24-68-53)11-4-27-18-56(27)39-16-30(59)7-10-36(39)47(80)74(50(56)83)40(43(76)70-52-65-21-32(61)22-66-52)3-1-2-26-17-55(26)38-15-29(58)6-9-35(38)45(78)72(49(55)82)25-42(75)69-51-63-19-31(60)20-64-51/h5-10,14-16,19-24,26-27,40-41H,1-4,11-13,17-18,25H2,(H,63,64,69,75)(H,65,66,70,76)(H,67,68,71,77)/t26-,27?,40+,41-,55+,56?/m0/s1. The fraction of sp³-hybridized carbons (Fsp3) is 0.304. The highest BCUT2D eigenvalue weighted by atomic mass is 79.9. The summed E-state index contributed by atoms with van der Waals surface area (Å²) in [6.07, 6.45) is 6.02. The van der Waals surface area contributed by atoms with Crippen LogP contribution in [0.15, 0.2) is 105 Å². The van der Waals surface area contributed by atoms with Crippen LogP contribution in [-0.4, -0.2) is 116 Å². The summed E-state index contributed by atoms with van der Waals surface area (Å²) in [6, 6.07) is 11.5. The zero-order valence-electron chi connectivity index (χ0n) is 43.0. The second-order valence-corrected chi connectivity index (χ2v) is 24.0. The molecule has 0 bridgehead atoms. The largest absolute Gasteiger partial charge is 0.293 e. The lowest BCUT2D eigenvalue weighted by molar-refractivity contribution is -0.139. The number of carbonyl (C=O) groups excluding carboxylic acids is 9. The predicted octanol–water partition coefficient (Wildman–Crippen LogP) is 7.26. The van der Waals surface area contributed by atoms with Crippen molar-refractivity contribution < 1.29 is 56.3 Å². The molecule has 2 unspecified atom stereocenters. The Kier molecular flexibility index (Phi) is 14.0. The Bertz CT molecular complexity index is 3830. The molecule has 6 atom stereocenters. The van der Waals surface area contributed by atoms with Gasteiger partial charge in [0.2, 0.25) is 53.3 Å². The summed E-state index contributed by atoms with van der Waals surface area (Å²) in [6.45, 7) is -0.725. The monoisotopic (exact) mass is 1320 g/mol. The maximum absolute atomic E-state index is 15.6. The quantitative estimate of drug-likeness (QED) is 0.0804. The molecule has 3 aliphatic heterocycles. The molecule has 27 heteroatoms. The number of halogens is 6. The van der Waals surface area contributed by atoms with E-state index in [0.29, 0.717) is 43.0 Å². The maximum Gasteiger partial charge on any atom is 0.261 e. The Morgan fingerprint density at radius 2 is 0.940 bits per heavy atom. The van der Waals surface area contributed by atoms with Gasteiger partial charge in [-0.25, -0.2) is 43.1 Å². The first-order valence-electron chi connectivity index (χ1n) is 26.1. The molecule has 3 aromatic heterocycles. The number of imide groups is 3. The van der Waals surface area contributed by atoms with Gasteiger partial charge < -0.3 is 0 Å². The zero-order chi connectivity index (χ0) is 58.4. The van der Waals surface area contributed by atoms with Crippen LogP contribution in [0.2, 0.25) is 0 Å². The third-order valence-corrected chi connectivity index (χ3v) is 18.0. The molecule has 6 heterocycles. The zero-order valence-corrected chi connectivity index (χ0v) is 47.8. The summed E-state index contributed by atoms with van der Waals surface area (Å²) in [5.41, 5.74) is -2.11. The van der Waals surface area contributed by atoms with Gasteiger partial charge in [-0.2, -0.15) is 0 Å². The normalized spacial score (nSPS) is 22.3. The number of hydrogen-bond acceptors (Lipinski definition) is 15. The smallest absolute Gasteiger partial charge is 0.261 e. The lowest BCUT2D eigenvalue weighted by Gasteiger charge is -2.38. The van der Waals surface area contributed by atoms with Gasteiger partial charge in [0.25, 0.3) is 17.7 Å². The van der Waals surface area contributed by atoms with Crippen LogP contribution in [0.25, 0.3) is 0 Å². The van der Waals surface area contributed by atoms with E-state index in [1.54, 1.807) is 42.5 Å². The van der Waals surface area contributed by atoms with Crippen molar-refractivity contribution in [2.75, 3.05) is 22.5 Å². The molecule has 422 valence electrons. The van der Waals surface area contributed by atoms with Crippen LogP contribution in [0.1, 0.15) is 106 Å². The fourth-order valence-electron chi connectivity index (χ4n) is 12.3. The second-order valence-electron chi connectivity index (χ2n) is 21.3. The number of benzene rings is 3. The first-order chi connectivity index (χ1) is 39.7. The Balaban J connectivity index is 0.836. The molecule has 3 N–H and O–H groups in total. The lowest BCUT2D eigenvalue weighted by atomic mass is 9.81. The number of aromatic nitrogens is 6. The highest BCUT2D eigenvalue weighted by Gasteiger charge is 2.68. The highest BCUT2D eigenvalue weighted by molar-refractivity contribution is 9.11. The van der Waals surface area contributed by atoms with Crippen molar-refractivity contribution in [3.63, 3.8) is 0 Å². The molecule has 3 saturated carbocycles. The summed E-state index contributed by atoms with van der Waals surface area (Å²) in [5, 5.41) is 7.43. The lowest BCUT2D eigenvalue weighted by Crippen LogP contribution is -2.57. The minimum absolute atomic E-state index is 0.0101. The van der Waals surface area contributed by atoms with Gasteiger partial charge in [0, 0.05) is 30.1 Å². The highest BCUT2D eigenvalue weighted by Crippen LogP contribution is 2.63. The first kappa shape index (κ1) is 55.5. The summed E-state index contributed by atoms with van der Waals surface area (Å²) in [4.78, 5) is 156. The van der Waals surface area contributed by atoms with Gasteiger partial charge >= 0.3 is 0 Å². The Morgan fingerprint density at radius 1 is 0.530 bits per heavy atom. The van der Waals surface area contributed by atoms with E-state index in [-0.39, 0.29) is 79.5 Å². The average Bonchev–Trinajstić information content (AvgIpc) is 2.09. The topological polar surface area (TPSA) is 277 Å². The van der Waals surface area contributed by atoms with Gasteiger partial charge in [-0.15, -0.1) is 0 Å². The molecule has 6 aromatic rings. The summed E-state index contributed by atoms with van der Waals surface area (Å²) >= 11 is 10.4. The minimum atomic E-state index is -1.58. The molecule has 3 aliphatic carbocycles. The Hall–Kier alpha value is -8.04. The fourth-order valence-corrected chi connectivity index (χ4v) is 13.4. The van der Waals surface area contributed by atoms with Crippen LogP contribution in [0.5, 0.6) is 0 Å². The number of rotatable bonds is 16. The minimum Gasteiger partial charge on any atom is -0.293 e. The van der Waals surface area contributed by atoms with Crippen LogP contribution in [-0.2, 0) is 45.0 Å². The molecular formula is C56H42Br3F3N12O9. The molecule has 6 aliphatic rings. The van der Waals surface area contributed by atoms with E-state index in [4.69, 9.17) is 0 Å². The Labute approximate surface area is 493 Å². The molecule has 3 aromatic carbocycles. The van der Waals surface area contributed by atoms with E-state index in [9.17, 15) is 51.5 Å². The van der Waals surface area contributed by atoms with Gasteiger partial charge in [-0.05, 0) is 134 Å². The van der Waals surface area contributed by atoms with Crippen LogP contribution < -0.4 is 16.0 Å². The SMILES string of the molecule is O=C(CN1C(=O)c2ccc(Br)cc2[C@]2(C[C@@H]2CCC[C@H](C(=O)Nc2ncc(F)cn2)N2C(=O)c3ccc(Br)cc3C3(CC3CC[C@@H](C(=O)Nc3ncc(F)cn3)N3C(=O)c4ccc(Br)cc4C4(CC4)C3=O)C2=O)C1=O)Nc1ncc(F)cn1. The molecule has 12 rings (SSSR count). The molecule has 3 spiro atoms. The van der Waals surface area contributed by atoms with Crippen LogP contribution in [0, 0.1) is 29.3 Å². The van der Waals surface area contributed by atoms with Crippen LogP contribution in [0.3, 0.4) is 0 Å². The molecule has 21 nitrogen and oxygen atoms in total. The molecular weight excluding hydrogens is 1280 g/mol. The van der Waals surface area contributed by atoms with E-state index in [1.165, 1.54) is 12.1 Å². The summed E-state index contributed by atoms with van der Waals surface area (Å²) in [5.74, 6) is -11.3. The van der Waals surface area contributed by atoms with E-state index < -0.39 is 117 Å². The van der Waals surface area contributed by atoms with Gasteiger partial charge in [0.05, 0.1) is 53.4 Å². The number of nitrogens with zero attached hydrogens (tertiary/aromatic N) is 9. The summed E-state index contributed by atoms with van der Waals surface area (Å²) in [7, 11) is 0. The molecule has 83 heavy (non-hydrogen) atoms. The average molecular weight is 1320 g/mol. The van der Waals surface area contributed by atoms with Crippen molar-refractivity contribution in [3.8, 4) is 0 Å². The number of carbonyl (C=O) groups is 9. The van der Waals surface area contributed by atoms with Gasteiger partial charge in [0.1, 0.15) is 18.6 Å². The van der Waals surface area contributed by atoms with Gasteiger partial charge in [-0.1, -0.05) is 54.2 Å². The van der Waals surface area contributed by atoms with Crippen LogP contribution in [0.4, 0.5) is 31.0 Å². The number of fused-ring (bicyclic) bond motifs is 6. The third kappa shape index (κ3) is 9.67. The van der Waals surface area contributed by atoms with Gasteiger partial charge in [-0.3, -0.25) is 73.8 Å². The van der Waals surface area contributed by atoms with E-state index in [1.807, 2.05) is 0 Å². The molecule has 0 saturated heterocycles. The van der Waals surface area contributed by atoms with E-state index in [0.717, 1.165) is 51.9 Å². The first-order valence-corrected chi connectivity index (χ1v) is 28.5. The van der Waals surface area contributed by atoms with Crippen LogP contribution >= 0.6 is 47.8 Å². The van der Waals surface area contributed by atoms with E-state index >= 15 is 4.79 Å². The molecule has 0 radical (unpaired) electrons.